The topological polar surface area (TPSA) is 80.3 Å². The number of carbonyl (C=O) groups is 2. The molecule has 0 aromatic heterocycles. The molecule has 17 heavy (non-hydrogen) atoms. The first-order valence-electron chi connectivity index (χ1n) is 4.79. The number of hydrogen-bond acceptors (Lipinski definition) is 7. The van der Waals surface area contributed by atoms with E-state index in [2.05, 4.69) is 18.9 Å². The van der Waals surface area contributed by atoms with Gasteiger partial charge in [0.05, 0.1) is 20.8 Å². The molecule has 0 aromatic carbocycles. The van der Waals surface area contributed by atoms with Crippen molar-refractivity contribution in [2.75, 3.05) is 27.4 Å². The highest BCUT2D eigenvalue weighted by atomic mass is 19.1. The highest BCUT2D eigenvalue weighted by molar-refractivity contribution is 5.60. The minimum atomic E-state index is -1.49. The minimum Gasteiger partial charge on any atom is -0.438 e. The van der Waals surface area contributed by atoms with Crippen molar-refractivity contribution in [3.63, 3.8) is 0 Å². The largest absolute Gasteiger partial charge is 0.508 e. The molecule has 8 heteroatoms. The molecule has 3 atom stereocenters. The molecular formula is C9H13FO7. The quantitative estimate of drug-likeness (QED) is 0.682. The average molecular weight is 252 g/mol. The molecule has 0 aliphatic carbocycles. The summed E-state index contributed by atoms with van der Waals surface area (Å²) in [5.41, 5.74) is 0. The maximum absolute atomic E-state index is 13.3. The Labute approximate surface area is 96.7 Å². The van der Waals surface area contributed by atoms with Crippen molar-refractivity contribution in [2.24, 2.45) is 0 Å². The van der Waals surface area contributed by atoms with Gasteiger partial charge in [-0.1, -0.05) is 0 Å². The second kappa shape index (κ2) is 6.24. The van der Waals surface area contributed by atoms with E-state index in [1.165, 1.54) is 0 Å². The summed E-state index contributed by atoms with van der Waals surface area (Å²) in [6.45, 7) is -0.508. The first-order valence-corrected chi connectivity index (χ1v) is 4.79. The predicted molar refractivity (Wildman–Crippen MR) is 50.3 cm³/mol. The molecule has 0 saturated carbocycles. The SMILES string of the molecule is COC(=O)OC[C@H]1OC[C@@H](F)[C@@H]1OC(=O)OC. The van der Waals surface area contributed by atoms with Crippen LogP contribution in [0.15, 0.2) is 0 Å². The summed E-state index contributed by atoms with van der Waals surface area (Å²) >= 11 is 0. The van der Waals surface area contributed by atoms with Gasteiger partial charge in [-0.25, -0.2) is 14.0 Å². The van der Waals surface area contributed by atoms with Crippen molar-refractivity contribution in [3.05, 3.63) is 0 Å². The predicted octanol–water partition coefficient (Wildman–Crippen LogP) is 0.658. The summed E-state index contributed by atoms with van der Waals surface area (Å²) in [7, 11) is 2.24. The molecule has 1 heterocycles. The van der Waals surface area contributed by atoms with Crippen LogP contribution >= 0.6 is 0 Å². The number of ether oxygens (including phenoxy) is 5. The average Bonchev–Trinajstić information content (AvgIpc) is 2.67. The first-order chi connectivity index (χ1) is 8.08. The van der Waals surface area contributed by atoms with Crippen LogP contribution in [0.5, 0.6) is 0 Å². The highest BCUT2D eigenvalue weighted by Crippen LogP contribution is 2.21. The Morgan fingerprint density at radius 3 is 2.53 bits per heavy atom. The van der Waals surface area contributed by atoms with Gasteiger partial charge in [0.25, 0.3) is 0 Å². The zero-order chi connectivity index (χ0) is 12.8. The van der Waals surface area contributed by atoms with Gasteiger partial charge in [-0.2, -0.15) is 0 Å². The lowest BCUT2D eigenvalue weighted by Crippen LogP contribution is -2.36. The van der Waals surface area contributed by atoms with E-state index < -0.39 is 30.7 Å². The van der Waals surface area contributed by atoms with E-state index in [9.17, 15) is 14.0 Å². The van der Waals surface area contributed by atoms with E-state index >= 15 is 0 Å². The van der Waals surface area contributed by atoms with Gasteiger partial charge >= 0.3 is 12.3 Å². The van der Waals surface area contributed by atoms with Gasteiger partial charge in [-0.05, 0) is 0 Å². The summed E-state index contributed by atoms with van der Waals surface area (Å²) in [5.74, 6) is 0. The van der Waals surface area contributed by atoms with E-state index in [1.807, 2.05) is 0 Å². The zero-order valence-electron chi connectivity index (χ0n) is 9.38. The number of methoxy groups -OCH3 is 2. The van der Waals surface area contributed by atoms with Crippen molar-refractivity contribution < 1.29 is 37.7 Å². The Morgan fingerprint density at radius 2 is 1.94 bits per heavy atom. The molecule has 1 saturated heterocycles. The van der Waals surface area contributed by atoms with E-state index in [1.54, 1.807) is 0 Å². The van der Waals surface area contributed by atoms with Crippen molar-refractivity contribution >= 4 is 12.3 Å². The molecule has 0 N–H and O–H groups in total. The van der Waals surface area contributed by atoms with Crippen LogP contribution in [0, 0.1) is 0 Å². The van der Waals surface area contributed by atoms with Crippen molar-refractivity contribution in [1.29, 1.82) is 0 Å². The maximum Gasteiger partial charge on any atom is 0.508 e. The number of rotatable bonds is 3. The first kappa shape index (κ1) is 13.5. The molecule has 1 aliphatic heterocycles. The highest BCUT2D eigenvalue weighted by Gasteiger charge is 2.41. The molecular weight excluding hydrogens is 239 g/mol. The van der Waals surface area contributed by atoms with Crippen LogP contribution < -0.4 is 0 Å². The van der Waals surface area contributed by atoms with Gasteiger partial charge in [-0.3, -0.25) is 0 Å². The van der Waals surface area contributed by atoms with Crippen LogP contribution in [0.3, 0.4) is 0 Å². The van der Waals surface area contributed by atoms with E-state index in [-0.39, 0.29) is 13.2 Å². The Hall–Kier alpha value is -1.57. The molecule has 7 nitrogen and oxygen atoms in total. The van der Waals surface area contributed by atoms with Crippen molar-refractivity contribution in [2.45, 2.75) is 18.4 Å². The number of carbonyl (C=O) groups excluding carboxylic acids is 2. The second-order valence-electron chi connectivity index (χ2n) is 3.19. The molecule has 1 rings (SSSR count). The Balaban J connectivity index is 2.46. The fourth-order valence-corrected chi connectivity index (χ4v) is 1.30. The second-order valence-corrected chi connectivity index (χ2v) is 3.19. The summed E-state index contributed by atoms with van der Waals surface area (Å²) in [6, 6.07) is 0. The lowest BCUT2D eigenvalue weighted by atomic mass is 10.2. The van der Waals surface area contributed by atoms with Gasteiger partial charge in [0.1, 0.15) is 12.7 Å². The monoisotopic (exact) mass is 252 g/mol. The minimum absolute atomic E-state index is 0.239. The smallest absolute Gasteiger partial charge is 0.438 e. The Morgan fingerprint density at radius 1 is 1.29 bits per heavy atom. The molecule has 0 aromatic rings. The van der Waals surface area contributed by atoms with Crippen LogP contribution in [0.25, 0.3) is 0 Å². The molecule has 0 radical (unpaired) electrons. The van der Waals surface area contributed by atoms with Gasteiger partial charge in [0.2, 0.25) is 0 Å². The van der Waals surface area contributed by atoms with Crippen LogP contribution in [0.1, 0.15) is 0 Å². The third kappa shape index (κ3) is 3.74. The van der Waals surface area contributed by atoms with Crippen molar-refractivity contribution in [1.82, 2.24) is 0 Å². The van der Waals surface area contributed by atoms with Gasteiger partial charge in [-0.15, -0.1) is 0 Å². The fourth-order valence-electron chi connectivity index (χ4n) is 1.30. The number of halogens is 1. The lowest BCUT2D eigenvalue weighted by molar-refractivity contribution is -0.0414. The van der Waals surface area contributed by atoms with Crippen LogP contribution in [0.4, 0.5) is 14.0 Å². The maximum atomic E-state index is 13.3. The molecule has 1 fully saturated rings. The van der Waals surface area contributed by atoms with E-state index in [0.29, 0.717) is 0 Å². The van der Waals surface area contributed by atoms with Crippen LogP contribution in [-0.4, -0.2) is 58.1 Å². The van der Waals surface area contributed by atoms with Crippen LogP contribution in [-0.2, 0) is 23.7 Å². The zero-order valence-corrected chi connectivity index (χ0v) is 9.38. The van der Waals surface area contributed by atoms with E-state index in [4.69, 9.17) is 4.74 Å². The van der Waals surface area contributed by atoms with Gasteiger partial charge in [0, 0.05) is 0 Å². The number of hydrogen-bond donors (Lipinski definition) is 0. The summed E-state index contributed by atoms with van der Waals surface area (Å²) < 4.78 is 36.0. The van der Waals surface area contributed by atoms with Crippen LogP contribution in [0.2, 0.25) is 0 Å². The standard InChI is InChI=1S/C9H13FO7/c1-13-8(11)16-4-6-7(5(10)3-15-6)17-9(12)14-2/h5-7H,3-4H2,1-2H3/t5-,6-,7+/m1/s1. The lowest BCUT2D eigenvalue weighted by Gasteiger charge is -2.18. The third-order valence-electron chi connectivity index (χ3n) is 2.12. The summed E-state index contributed by atoms with van der Waals surface area (Å²) in [5, 5.41) is 0. The summed E-state index contributed by atoms with van der Waals surface area (Å²) in [4.78, 5) is 21.6. The fraction of sp³-hybridized carbons (Fsp3) is 0.778. The molecule has 0 spiro atoms. The van der Waals surface area contributed by atoms with E-state index in [0.717, 1.165) is 14.2 Å². The molecule has 0 amide bonds. The molecule has 1 aliphatic rings. The molecule has 0 bridgehead atoms. The third-order valence-corrected chi connectivity index (χ3v) is 2.12. The number of alkyl halides is 1. The Kier molecular flexibility index (Phi) is 4.95. The molecule has 0 unspecified atom stereocenters. The van der Waals surface area contributed by atoms with Gasteiger partial charge < -0.3 is 23.7 Å². The normalized spacial score (nSPS) is 27.4. The molecule has 98 valence electrons. The van der Waals surface area contributed by atoms with Crippen molar-refractivity contribution in [3.8, 4) is 0 Å². The Bertz CT molecular complexity index is 283. The summed E-state index contributed by atoms with van der Waals surface area (Å²) in [6.07, 6.45) is -5.46. The van der Waals surface area contributed by atoms with Gasteiger partial charge in [0.15, 0.2) is 12.3 Å².